The van der Waals surface area contributed by atoms with E-state index in [1.807, 2.05) is 18.7 Å². The van der Waals surface area contributed by atoms with E-state index in [1.165, 1.54) is 27.7 Å². The van der Waals surface area contributed by atoms with Crippen LogP contribution in [0, 0.1) is 0 Å². The minimum absolute atomic E-state index is 0.0752. The number of piperidine rings is 1. The Labute approximate surface area is 203 Å². The fourth-order valence-corrected chi connectivity index (χ4v) is 6.51. The number of carbonyl (C=O) groups is 1. The summed E-state index contributed by atoms with van der Waals surface area (Å²) in [4.78, 5) is 23.6. The largest absolute Gasteiger partial charge is 0.379 e. The van der Waals surface area contributed by atoms with Gasteiger partial charge in [0.05, 0.1) is 13.2 Å². The Morgan fingerprint density at radius 1 is 1.21 bits per heavy atom. The lowest BCUT2D eigenvalue weighted by molar-refractivity contribution is 0.0383. The van der Waals surface area contributed by atoms with E-state index in [0.717, 1.165) is 78.3 Å². The Bertz CT molecular complexity index is 994. The molecule has 2 aromatic rings. The van der Waals surface area contributed by atoms with Crippen LogP contribution in [0.3, 0.4) is 0 Å². The zero-order valence-electron chi connectivity index (χ0n) is 21.1. The van der Waals surface area contributed by atoms with E-state index in [2.05, 4.69) is 45.2 Å². The molecule has 0 saturated carbocycles. The molecule has 1 aromatic heterocycles. The molecule has 2 aliphatic heterocycles. The Hall–Kier alpha value is -2.09. The predicted molar refractivity (Wildman–Crippen MR) is 137 cm³/mol. The Kier molecular flexibility index (Phi) is 7.14. The molecule has 1 unspecified atom stereocenters. The van der Waals surface area contributed by atoms with Crippen molar-refractivity contribution in [2.75, 3.05) is 59.0 Å². The predicted octanol–water partition coefficient (Wildman–Crippen LogP) is 3.20. The third-order valence-corrected chi connectivity index (χ3v) is 8.35. The Balaban J connectivity index is 1.40. The van der Waals surface area contributed by atoms with Crippen LogP contribution >= 0.6 is 0 Å². The van der Waals surface area contributed by atoms with E-state index < -0.39 is 0 Å². The lowest BCUT2D eigenvalue weighted by Gasteiger charge is -2.47. The summed E-state index contributed by atoms with van der Waals surface area (Å²) < 4.78 is 5.53. The number of fused-ring (bicyclic) bond motifs is 2. The van der Waals surface area contributed by atoms with E-state index in [9.17, 15) is 4.79 Å². The maximum absolute atomic E-state index is 12.8. The van der Waals surface area contributed by atoms with E-state index in [4.69, 9.17) is 4.74 Å². The van der Waals surface area contributed by atoms with Crippen molar-refractivity contribution in [3.05, 3.63) is 35.0 Å². The molecule has 1 aliphatic carbocycles. The molecule has 3 aliphatic rings. The smallest absolute Gasteiger partial charge is 0.317 e. The summed E-state index contributed by atoms with van der Waals surface area (Å²) in [6, 6.07) is 7.55. The number of hydrogen-bond donors (Lipinski definition) is 2. The van der Waals surface area contributed by atoms with Gasteiger partial charge in [-0.3, -0.25) is 9.80 Å². The highest BCUT2D eigenvalue weighted by molar-refractivity contribution is 5.89. The summed E-state index contributed by atoms with van der Waals surface area (Å²) in [5, 5.41) is 4.81. The molecular weight excluding hydrogens is 426 g/mol. The van der Waals surface area contributed by atoms with Gasteiger partial charge in [0.25, 0.3) is 0 Å². The molecule has 2 fully saturated rings. The number of hydrogen-bond acceptors (Lipinski definition) is 4. The van der Waals surface area contributed by atoms with E-state index in [-0.39, 0.29) is 12.1 Å². The first-order chi connectivity index (χ1) is 16.6. The second-order valence-electron chi connectivity index (χ2n) is 10.1. The van der Waals surface area contributed by atoms with Crippen molar-refractivity contribution in [3.8, 4) is 0 Å². The van der Waals surface area contributed by atoms with Gasteiger partial charge in [-0.1, -0.05) is 19.1 Å². The number of amides is 2. The molecular formula is C27H41N5O2. The van der Waals surface area contributed by atoms with Gasteiger partial charge in [0, 0.05) is 80.3 Å². The summed E-state index contributed by atoms with van der Waals surface area (Å²) in [6.45, 7) is 14.7. The number of nitrogens with zero attached hydrogens (tertiary/aromatic N) is 3. The van der Waals surface area contributed by atoms with Gasteiger partial charge in [-0.05, 0) is 50.4 Å². The molecule has 2 N–H and O–H groups in total. The van der Waals surface area contributed by atoms with Crippen molar-refractivity contribution in [3.63, 3.8) is 0 Å². The molecule has 2 saturated heterocycles. The van der Waals surface area contributed by atoms with Gasteiger partial charge in [-0.2, -0.15) is 0 Å². The number of ether oxygens (including phenoxy) is 1. The van der Waals surface area contributed by atoms with Gasteiger partial charge >= 0.3 is 6.03 Å². The molecule has 1 aromatic carbocycles. The second-order valence-corrected chi connectivity index (χ2v) is 10.1. The highest BCUT2D eigenvalue weighted by Gasteiger charge is 2.41. The van der Waals surface area contributed by atoms with Gasteiger partial charge in [0.15, 0.2) is 0 Å². The number of H-pyrrole nitrogens is 1. The minimum Gasteiger partial charge on any atom is -0.379 e. The number of likely N-dealkylation sites (N-methyl/N-ethyl adjacent to an activating group) is 1. The van der Waals surface area contributed by atoms with Crippen LogP contribution in [0.2, 0.25) is 0 Å². The van der Waals surface area contributed by atoms with Crippen LogP contribution in [-0.4, -0.2) is 96.8 Å². The topological polar surface area (TPSA) is 63.8 Å². The molecule has 34 heavy (non-hydrogen) atoms. The van der Waals surface area contributed by atoms with Crippen molar-refractivity contribution in [2.24, 2.45) is 0 Å². The number of morpholine rings is 1. The summed E-state index contributed by atoms with van der Waals surface area (Å²) in [6.07, 6.45) is 3.18. The van der Waals surface area contributed by atoms with Crippen molar-refractivity contribution < 1.29 is 9.53 Å². The normalized spacial score (nSPS) is 25.3. The maximum atomic E-state index is 12.8. The molecule has 0 spiro atoms. The summed E-state index contributed by atoms with van der Waals surface area (Å²) >= 11 is 0. The first-order valence-corrected chi connectivity index (χ1v) is 13.3. The quantitative estimate of drug-likeness (QED) is 0.657. The lowest BCUT2D eigenvalue weighted by Crippen LogP contribution is -2.57. The van der Waals surface area contributed by atoms with Gasteiger partial charge < -0.3 is 19.9 Å². The standard InChI is InChI=1S/C27H41N5O2/c1-4-31(5-2)27(33)28-19-16-21-20-8-7-9-24-26(20)22(17-25(21)32(6-3)18-19)23(29-24)10-11-30-12-14-34-15-13-30/h7-9,19,21,25,29H,4-6,10-18H2,1-3H3,(H,28,33)/t19?,21-,25-/m1/s1. The second kappa shape index (κ2) is 10.3. The van der Waals surface area contributed by atoms with Crippen LogP contribution in [0.25, 0.3) is 10.9 Å². The van der Waals surface area contributed by atoms with Crippen LogP contribution < -0.4 is 5.32 Å². The van der Waals surface area contributed by atoms with Gasteiger partial charge in [0.1, 0.15) is 0 Å². The number of benzene rings is 1. The van der Waals surface area contributed by atoms with Crippen molar-refractivity contribution >= 4 is 16.9 Å². The molecule has 3 atom stereocenters. The molecule has 186 valence electrons. The van der Waals surface area contributed by atoms with Crippen LogP contribution in [0.15, 0.2) is 18.2 Å². The van der Waals surface area contributed by atoms with Crippen LogP contribution in [0.1, 0.15) is 49.9 Å². The van der Waals surface area contributed by atoms with Crippen molar-refractivity contribution in [2.45, 2.75) is 58.0 Å². The number of aromatic nitrogens is 1. The summed E-state index contributed by atoms with van der Waals surface area (Å²) in [5.41, 5.74) is 5.70. The molecule has 0 radical (unpaired) electrons. The Morgan fingerprint density at radius 3 is 2.74 bits per heavy atom. The van der Waals surface area contributed by atoms with Crippen molar-refractivity contribution in [1.29, 1.82) is 0 Å². The zero-order chi connectivity index (χ0) is 23.7. The number of likely N-dealkylation sites (tertiary alicyclic amines) is 1. The minimum atomic E-state index is 0.0752. The zero-order valence-corrected chi connectivity index (χ0v) is 21.1. The van der Waals surface area contributed by atoms with Gasteiger partial charge in [-0.25, -0.2) is 4.79 Å². The van der Waals surface area contributed by atoms with Crippen LogP contribution in [-0.2, 0) is 17.6 Å². The average Bonchev–Trinajstić information content (AvgIpc) is 3.22. The number of nitrogens with one attached hydrogen (secondary N) is 2. The van der Waals surface area contributed by atoms with E-state index in [0.29, 0.717) is 12.0 Å². The molecule has 0 bridgehead atoms. The molecule has 7 heteroatoms. The maximum Gasteiger partial charge on any atom is 0.317 e. The highest BCUT2D eigenvalue weighted by Crippen LogP contribution is 2.44. The SMILES string of the molecule is CCN(CC)C(=O)NC1C[C@@H]2c3cccc4[nH]c(CCN5CCOCC5)c(c34)C[C@H]2N(CC)C1. The van der Waals surface area contributed by atoms with Crippen LogP contribution in [0.4, 0.5) is 4.79 Å². The van der Waals surface area contributed by atoms with Crippen molar-refractivity contribution in [1.82, 2.24) is 25.0 Å². The Morgan fingerprint density at radius 2 is 2.00 bits per heavy atom. The highest BCUT2D eigenvalue weighted by atomic mass is 16.5. The van der Waals surface area contributed by atoms with E-state index in [1.54, 1.807) is 0 Å². The lowest BCUT2D eigenvalue weighted by atomic mass is 9.73. The fraction of sp³-hybridized carbons (Fsp3) is 0.667. The number of urea groups is 1. The third kappa shape index (κ3) is 4.45. The van der Waals surface area contributed by atoms with Gasteiger partial charge in [0.2, 0.25) is 0 Å². The molecule has 2 amide bonds. The van der Waals surface area contributed by atoms with E-state index >= 15 is 0 Å². The van der Waals surface area contributed by atoms with Gasteiger partial charge in [-0.15, -0.1) is 0 Å². The summed E-state index contributed by atoms with van der Waals surface area (Å²) in [5.74, 6) is 0.454. The molecule has 3 heterocycles. The molecule has 7 nitrogen and oxygen atoms in total. The number of rotatable bonds is 7. The van der Waals surface area contributed by atoms with Crippen LogP contribution in [0.5, 0.6) is 0 Å². The number of carbonyl (C=O) groups excluding carboxylic acids is 1. The summed E-state index contributed by atoms with van der Waals surface area (Å²) in [7, 11) is 0. The fourth-order valence-electron chi connectivity index (χ4n) is 6.51. The monoisotopic (exact) mass is 467 g/mol. The third-order valence-electron chi connectivity index (χ3n) is 8.35. The first kappa shape index (κ1) is 23.6. The number of aromatic amines is 1. The average molecular weight is 468 g/mol. The molecule has 5 rings (SSSR count). The first-order valence-electron chi connectivity index (χ1n) is 13.3.